The zero-order valence-corrected chi connectivity index (χ0v) is 15.7. The molecule has 0 spiro atoms. The second kappa shape index (κ2) is 9.87. The van der Waals surface area contributed by atoms with Crippen molar-refractivity contribution in [3.05, 3.63) is 60.2 Å². The fraction of sp³-hybridized carbons (Fsp3) is 0.500. The number of aromatic nitrogens is 2. The lowest BCUT2D eigenvalue weighted by atomic mass is 9.88. The number of hydrogen-bond donors (Lipinski definition) is 0. The zero-order valence-electron chi connectivity index (χ0n) is 15.7. The molecular formula is C20H29N5. The summed E-state index contributed by atoms with van der Waals surface area (Å²) in [5.41, 5.74) is 2.17. The third-order valence-corrected chi connectivity index (χ3v) is 4.76. The van der Waals surface area contributed by atoms with Gasteiger partial charge in [0.2, 0.25) is 0 Å². The van der Waals surface area contributed by atoms with E-state index in [2.05, 4.69) is 46.3 Å². The third-order valence-electron chi connectivity index (χ3n) is 4.76. The highest BCUT2D eigenvalue weighted by Crippen LogP contribution is 2.29. The van der Waals surface area contributed by atoms with E-state index in [4.69, 9.17) is 0 Å². The van der Waals surface area contributed by atoms with Crippen LogP contribution in [-0.2, 0) is 0 Å². The molecule has 2 aromatic heterocycles. The average molecular weight is 339 g/mol. The van der Waals surface area contributed by atoms with Crippen molar-refractivity contribution in [1.29, 1.82) is 0 Å². The topological polar surface area (TPSA) is 53.7 Å². The van der Waals surface area contributed by atoms with Gasteiger partial charge in [0.05, 0.1) is 6.54 Å². The molecule has 2 aromatic rings. The summed E-state index contributed by atoms with van der Waals surface area (Å²) in [6.45, 7) is 7.19. The molecule has 0 amide bonds. The van der Waals surface area contributed by atoms with Gasteiger partial charge in [-0.25, -0.2) is 0 Å². The molecule has 134 valence electrons. The van der Waals surface area contributed by atoms with Gasteiger partial charge in [-0.1, -0.05) is 24.3 Å². The monoisotopic (exact) mass is 339 g/mol. The van der Waals surface area contributed by atoms with E-state index in [1.807, 2.05) is 55.6 Å². The van der Waals surface area contributed by atoms with E-state index >= 15 is 0 Å². The van der Waals surface area contributed by atoms with Crippen molar-refractivity contribution in [2.75, 3.05) is 13.6 Å². The molecule has 0 aromatic carbocycles. The maximum atomic E-state index is 4.57. The summed E-state index contributed by atoms with van der Waals surface area (Å²) in [4.78, 5) is 9.14. The molecule has 0 aliphatic rings. The Hall–Kier alpha value is -2.30. The summed E-state index contributed by atoms with van der Waals surface area (Å²) in [6, 6.07) is 12.5. The summed E-state index contributed by atoms with van der Waals surface area (Å²) < 4.78 is 0. The van der Waals surface area contributed by atoms with Gasteiger partial charge >= 0.3 is 0 Å². The van der Waals surface area contributed by atoms with Gasteiger partial charge in [-0.2, -0.15) is 5.11 Å². The minimum atomic E-state index is 0.222. The summed E-state index contributed by atoms with van der Waals surface area (Å²) in [7, 11) is 2.00. The normalized spacial score (nSPS) is 14.0. The van der Waals surface area contributed by atoms with Crippen molar-refractivity contribution in [1.82, 2.24) is 15.0 Å². The maximum absolute atomic E-state index is 4.57. The van der Waals surface area contributed by atoms with Gasteiger partial charge < -0.3 is 0 Å². The van der Waals surface area contributed by atoms with Gasteiger partial charge in [0.15, 0.2) is 0 Å². The molecule has 2 heterocycles. The second-order valence-corrected chi connectivity index (χ2v) is 6.48. The molecule has 0 radical (unpaired) electrons. The zero-order chi connectivity index (χ0) is 18.1. The molecule has 0 aliphatic heterocycles. The first-order valence-corrected chi connectivity index (χ1v) is 9.05. The predicted octanol–water partition coefficient (Wildman–Crippen LogP) is 4.73. The van der Waals surface area contributed by atoms with Crippen LogP contribution in [0.4, 0.5) is 0 Å². The van der Waals surface area contributed by atoms with E-state index in [0.29, 0.717) is 18.5 Å². The highest BCUT2D eigenvalue weighted by molar-refractivity contribution is 5.22. The van der Waals surface area contributed by atoms with Crippen LogP contribution < -0.4 is 0 Å². The van der Waals surface area contributed by atoms with Crippen LogP contribution in [0.25, 0.3) is 0 Å². The summed E-state index contributed by atoms with van der Waals surface area (Å²) >= 11 is 0. The van der Waals surface area contributed by atoms with Crippen LogP contribution in [0.3, 0.4) is 0 Å². The highest BCUT2D eigenvalue weighted by Gasteiger charge is 2.21. The Kier molecular flexibility index (Phi) is 7.51. The van der Waals surface area contributed by atoms with Gasteiger partial charge in [-0.05, 0) is 56.9 Å². The molecule has 1 unspecified atom stereocenters. The molecule has 5 heteroatoms. The molecule has 0 fully saturated rings. The van der Waals surface area contributed by atoms with Crippen molar-refractivity contribution in [3.63, 3.8) is 0 Å². The number of nitrogens with zero attached hydrogens (tertiary/aromatic N) is 5. The smallest absolute Gasteiger partial charge is 0.0592 e. The first kappa shape index (κ1) is 19.0. The Bertz CT molecular complexity index is 590. The number of pyridine rings is 2. The molecule has 5 nitrogen and oxygen atoms in total. The van der Waals surface area contributed by atoms with Gasteiger partial charge in [0, 0.05) is 42.8 Å². The average Bonchev–Trinajstić information content (AvgIpc) is 2.67. The largest absolute Gasteiger partial charge is 0.279 e. The summed E-state index contributed by atoms with van der Waals surface area (Å²) in [5, 5.41) is 10.3. The first-order chi connectivity index (χ1) is 12.1. The molecule has 2 rings (SSSR count). The standard InChI is InChI=1S/C20H29N5/c1-5-23-24-25(4)17(3)16(2)12-13-18(19-10-6-8-14-21-19)20-11-7-9-15-22-20/h6-11,14-18H,5,12-13H2,1-4H3/b24-23-/t16?,17-/m0/s1. The third kappa shape index (κ3) is 5.62. The van der Waals surface area contributed by atoms with E-state index in [-0.39, 0.29) is 5.92 Å². The molecule has 2 atom stereocenters. The lowest BCUT2D eigenvalue weighted by Gasteiger charge is -2.27. The van der Waals surface area contributed by atoms with Crippen molar-refractivity contribution in [2.24, 2.45) is 16.3 Å². The van der Waals surface area contributed by atoms with E-state index in [1.165, 1.54) is 0 Å². The van der Waals surface area contributed by atoms with Crippen LogP contribution in [0.2, 0.25) is 0 Å². The maximum Gasteiger partial charge on any atom is 0.0592 e. The van der Waals surface area contributed by atoms with Crippen LogP contribution in [0.15, 0.2) is 59.1 Å². The molecule has 0 N–H and O–H groups in total. The van der Waals surface area contributed by atoms with Gasteiger partial charge in [0.25, 0.3) is 0 Å². The summed E-state index contributed by atoms with van der Waals surface area (Å²) in [6.07, 6.45) is 5.80. The summed E-state index contributed by atoms with van der Waals surface area (Å²) in [5.74, 6) is 0.718. The number of hydrogen-bond acceptors (Lipinski definition) is 4. The Morgan fingerprint density at radius 1 is 0.960 bits per heavy atom. The molecule has 0 aliphatic carbocycles. The minimum Gasteiger partial charge on any atom is -0.279 e. The molecule has 25 heavy (non-hydrogen) atoms. The fourth-order valence-corrected chi connectivity index (χ4v) is 2.89. The van der Waals surface area contributed by atoms with Crippen LogP contribution in [0.1, 0.15) is 50.9 Å². The van der Waals surface area contributed by atoms with Crippen LogP contribution in [0.5, 0.6) is 0 Å². The van der Waals surface area contributed by atoms with Gasteiger partial charge in [-0.15, -0.1) is 0 Å². The van der Waals surface area contributed by atoms with E-state index in [1.54, 1.807) is 0 Å². The quantitative estimate of drug-likeness (QED) is 0.490. The SMILES string of the molecule is CC/N=N\N(C)[C@@H](C)C(C)CCC(c1ccccn1)c1ccccn1. The first-order valence-electron chi connectivity index (χ1n) is 9.05. The van der Waals surface area contributed by atoms with E-state index in [9.17, 15) is 0 Å². The molecule has 0 bridgehead atoms. The van der Waals surface area contributed by atoms with Crippen molar-refractivity contribution in [2.45, 2.75) is 45.6 Å². The van der Waals surface area contributed by atoms with Crippen molar-refractivity contribution in [3.8, 4) is 0 Å². The molecule has 0 saturated carbocycles. The van der Waals surface area contributed by atoms with Gasteiger partial charge in [-0.3, -0.25) is 15.0 Å². The minimum absolute atomic E-state index is 0.222. The highest BCUT2D eigenvalue weighted by atomic mass is 15.5. The van der Waals surface area contributed by atoms with E-state index < -0.39 is 0 Å². The molecular weight excluding hydrogens is 310 g/mol. The Morgan fingerprint density at radius 3 is 2.04 bits per heavy atom. The van der Waals surface area contributed by atoms with Crippen LogP contribution in [0, 0.1) is 5.92 Å². The van der Waals surface area contributed by atoms with Crippen molar-refractivity contribution < 1.29 is 0 Å². The van der Waals surface area contributed by atoms with Crippen LogP contribution in [-0.4, -0.2) is 34.6 Å². The Morgan fingerprint density at radius 2 is 1.56 bits per heavy atom. The number of rotatable bonds is 9. The lowest BCUT2D eigenvalue weighted by Crippen LogP contribution is -2.30. The molecule has 0 saturated heterocycles. The fourth-order valence-electron chi connectivity index (χ4n) is 2.89. The second-order valence-electron chi connectivity index (χ2n) is 6.48. The van der Waals surface area contributed by atoms with Crippen molar-refractivity contribution >= 4 is 0 Å². The van der Waals surface area contributed by atoms with Crippen LogP contribution >= 0.6 is 0 Å². The van der Waals surface area contributed by atoms with Gasteiger partial charge in [0.1, 0.15) is 0 Å². The predicted molar refractivity (Wildman–Crippen MR) is 101 cm³/mol. The van der Waals surface area contributed by atoms with E-state index in [0.717, 1.165) is 24.2 Å². The Labute approximate surface area is 151 Å². The lowest BCUT2D eigenvalue weighted by molar-refractivity contribution is 0.183. The Balaban J connectivity index is 2.06.